The standard InChI is InChI=1S/C22H24F3N7/c1-16(15-31-9-11-32(12-10-31)20-6-2-3-8-27-20)28-19-13-18(22(23,24)25)29-21(30-19)17-5-4-7-26-14-17/h2-8,13-14,16H,9-12,15H2,1H3,(H,28,29,30). The Hall–Kier alpha value is -3.27. The van der Waals surface area contributed by atoms with Crippen molar-refractivity contribution in [2.24, 2.45) is 0 Å². The van der Waals surface area contributed by atoms with E-state index in [0.717, 1.165) is 38.1 Å². The van der Waals surface area contributed by atoms with Crippen LogP contribution >= 0.6 is 0 Å². The summed E-state index contributed by atoms with van der Waals surface area (Å²) >= 11 is 0. The molecule has 1 fully saturated rings. The molecule has 1 N–H and O–H groups in total. The van der Waals surface area contributed by atoms with Crippen LogP contribution in [0, 0.1) is 0 Å². The monoisotopic (exact) mass is 443 g/mol. The molecular weight excluding hydrogens is 419 g/mol. The van der Waals surface area contributed by atoms with Gasteiger partial charge in [-0.1, -0.05) is 6.07 Å². The molecule has 3 aromatic heterocycles. The fourth-order valence-electron chi connectivity index (χ4n) is 3.68. The molecular formula is C22H24F3N7. The molecule has 0 spiro atoms. The first-order chi connectivity index (χ1) is 15.4. The SMILES string of the molecule is CC(CN1CCN(c2ccccn2)CC1)Nc1cc(C(F)(F)F)nc(-c2cccnc2)n1. The van der Waals surface area contributed by atoms with Crippen molar-refractivity contribution in [1.29, 1.82) is 0 Å². The minimum absolute atomic E-state index is 0.00778. The van der Waals surface area contributed by atoms with Crippen LogP contribution in [0.15, 0.2) is 55.0 Å². The van der Waals surface area contributed by atoms with E-state index < -0.39 is 11.9 Å². The fourth-order valence-corrected chi connectivity index (χ4v) is 3.68. The summed E-state index contributed by atoms with van der Waals surface area (Å²) in [7, 11) is 0. The third-order valence-corrected chi connectivity index (χ3v) is 5.21. The molecule has 0 bridgehead atoms. The molecule has 0 amide bonds. The lowest BCUT2D eigenvalue weighted by atomic mass is 10.2. The third-order valence-electron chi connectivity index (χ3n) is 5.21. The number of hydrogen-bond acceptors (Lipinski definition) is 7. The summed E-state index contributed by atoms with van der Waals surface area (Å²) in [6, 6.07) is 9.98. The van der Waals surface area contributed by atoms with Crippen LogP contribution < -0.4 is 10.2 Å². The number of pyridine rings is 2. The van der Waals surface area contributed by atoms with E-state index in [1.165, 1.54) is 6.20 Å². The molecule has 0 aliphatic carbocycles. The first-order valence-corrected chi connectivity index (χ1v) is 10.4. The number of rotatable bonds is 6. The van der Waals surface area contributed by atoms with Crippen LogP contribution in [0.25, 0.3) is 11.4 Å². The zero-order valence-corrected chi connectivity index (χ0v) is 17.6. The normalized spacial score (nSPS) is 16.1. The summed E-state index contributed by atoms with van der Waals surface area (Å²) in [6.45, 7) is 6.01. The Morgan fingerprint density at radius 1 is 1.03 bits per heavy atom. The highest BCUT2D eigenvalue weighted by Crippen LogP contribution is 2.30. The summed E-state index contributed by atoms with van der Waals surface area (Å²) in [5.41, 5.74) is -0.551. The molecule has 1 aliphatic heterocycles. The van der Waals surface area contributed by atoms with Gasteiger partial charge in [-0.25, -0.2) is 15.0 Å². The molecule has 7 nitrogen and oxygen atoms in total. The van der Waals surface area contributed by atoms with Crippen molar-refractivity contribution < 1.29 is 13.2 Å². The Balaban J connectivity index is 1.41. The molecule has 1 aliphatic rings. The molecule has 10 heteroatoms. The Labute approximate surface area is 184 Å². The predicted octanol–water partition coefficient (Wildman–Crippen LogP) is 3.58. The predicted molar refractivity (Wildman–Crippen MR) is 116 cm³/mol. The summed E-state index contributed by atoms with van der Waals surface area (Å²) in [6.07, 6.45) is 0.210. The maximum atomic E-state index is 13.4. The van der Waals surface area contributed by atoms with Gasteiger partial charge < -0.3 is 10.2 Å². The topological polar surface area (TPSA) is 70.1 Å². The van der Waals surface area contributed by atoms with Crippen molar-refractivity contribution in [3.8, 4) is 11.4 Å². The Morgan fingerprint density at radius 3 is 2.50 bits per heavy atom. The molecule has 1 unspecified atom stereocenters. The van der Waals surface area contributed by atoms with Gasteiger partial charge in [0.15, 0.2) is 11.5 Å². The van der Waals surface area contributed by atoms with Crippen LogP contribution in [-0.2, 0) is 6.18 Å². The molecule has 1 atom stereocenters. The van der Waals surface area contributed by atoms with Crippen molar-refractivity contribution in [1.82, 2.24) is 24.8 Å². The molecule has 32 heavy (non-hydrogen) atoms. The van der Waals surface area contributed by atoms with E-state index in [1.54, 1.807) is 24.5 Å². The molecule has 3 aromatic rings. The number of nitrogens with zero attached hydrogens (tertiary/aromatic N) is 6. The smallest absolute Gasteiger partial charge is 0.366 e. The molecule has 168 valence electrons. The highest BCUT2D eigenvalue weighted by molar-refractivity contribution is 5.56. The summed E-state index contributed by atoms with van der Waals surface area (Å²) in [5.74, 6) is 1.10. The average Bonchev–Trinajstić information content (AvgIpc) is 2.80. The van der Waals surface area contributed by atoms with E-state index in [4.69, 9.17) is 0 Å². The minimum Gasteiger partial charge on any atom is -0.366 e. The second-order valence-corrected chi connectivity index (χ2v) is 7.72. The fraction of sp³-hybridized carbons (Fsp3) is 0.364. The molecule has 0 aromatic carbocycles. The summed E-state index contributed by atoms with van der Waals surface area (Å²) in [5, 5.41) is 3.12. The number of halogens is 3. The van der Waals surface area contributed by atoms with Crippen LogP contribution in [0.4, 0.5) is 24.8 Å². The van der Waals surface area contributed by atoms with Crippen LogP contribution in [-0.4, -0.2) is 63.6 Å². The zero-order chi connectivity index (χ0) is 22.6. The average molecular weight is 443 g/mol. The van der Waals surface area contributed by atoms with E-state index in [2.05, 4.69) is 35.1 Å². The van der Waals surface area contributed by atoms with Gasteiger partial charge in [0.1, 0.15) is 11.6 Å². The first-order valence-electron chi connectivity index (χ1n) is 10.4. The van der Waals surface area contributed by atoms with Crippen molar-refractivity contribution in [3.05, 3.63) is 60.7 Å². The molecule has 4 rings (SSSR count). The Bertz CT molecular complexity index is 1010. The van der Waals surface area contributed by atoms with E-state index in [-0.39, 0.29) is 17.7 Å². The molecule has 0 radical (unpaired) electrons. The number of alkyl halides is 3. The number of nitrogens with one attached hydrogen (secondary N) is 1. The van der Waals surface area contributed by atoms with E-state index >= 15 is 0 Å². The highest BCUT2D eigenvalue weighted by atomic mass is 19.4. The van der Waals surface area contributed by atoms with Gasteiger partial charge in [-0.05, 0) is 31.2 Å². The van der Waals surface area contributed by atoms with Gasteiger partial charge in [0.25, 0.3) is 0 Å². The number of piperazine rings is 1. The van der Waals surface area contributed by atoms with E-state index in [0.29, 0.717) is 12.1 Å². The van der Waals surface area contributed by atoms with Crippen molar-refractivity contribution in [2.75, 3.05) is 42.9 Å². The van der Waals surface area contributed by atoms with Gasteiger partial charge in [0, 0.05) is 69.0 Å². The van der Waals surface area contributed by atoms with Gasteiger partial charge in [0.2, 0.25) is 0 Å². The summed E-state index contributed by atoms with van der Waals surface area (Å²) in [4.78, 5) is 20.9. The first kappa shape index (κ1) is 21.9. The van der Waals surface area contributed by atoms with Crippen molar-refractivity contribution >= 4 is 11.6 Å². The maximum Gasteiger partial charge on any atom is 0.433 e. The lowest BCUT2D eigenvalue weighted by molar-refractivity contribution is -0.141. The van der Waals surface area contributed by atoms with Gasteiger partial charge in [0.05, 0.1) is 0 Å². The minimum atomic E-state index is -4.57. The van der Waals surface area contributed by atoms with E-state index in [1.807, 2.05) is 25.1 Å². The van der Waals surface area contributed by atoms with Crippen LogP contribution in [0.3, 0.4) is 0 Å². The second-order valence-electron chi connectivity index (χ2n) is 7.72. The second kappa shape index (κ2) is 9.47. The number of anilines is 2. The van der Waals surface area contributed by atoms with Gasteiger partial charge in [-0.2, -0.15) is 13.2 Å². The van der Waals surface area contributed by atoms with Gasteiger partial charge >= 0.3 is 6.18 Å². The van der Waals surface area contributed by atoms with Crippen LogP contribution in [0.5, 0.6) is 0 Å². The van der Waals surface area contributed by atoms with Crippen LogP contribution in [0.2, 0.25) is 0 Å². The number of aromatic nitrogens is 4. The van der Waals surface area contributed by atoms with E-state index in [9.17, 15) is 13.2 Å². The highest BCUT2D eigenvalue weighted by Gasteiger charge is 2.34. The number of hydrogen-bond donors (Lipinski definition) is 1. The molecule has 4 heterocycles. The van der Waals surface area contributed by atoms with Crippen molar-refractivity contribution in [3.63, 3.8) is 0 Å². The Morgan fingerprint density at radius 2 is 1.84 bits per heavy atom. The molecule has 1 saturated heterocycles. The maximum absolute atomic E-state index is 13.4. The third kappa shape index (κ3) is 5.50. The molecule has 0 saturated carbocycles. The van der Waals surface area contributed by atoms with Gasteiger partial charge in [-0.15, -0.1) is 0 Å². The largest absolute Gasteiger partial charge is 0.433 e. The van der Waals surface area contributed by atoms with Crippen LogP contribution in [0.1, 0.15) is 12.6 Å². The summed E-state index contributed by atoms with van der Waals surface area (Å²) < 4.78 is 40.2. The zero-order valence-electron chi connectivity index (χ0n) is 17.6. The lowest BCUT2D eigenvalue weighted by Crippen LogP contribution is -2.49. The van der Waals surface area contributed by atoms with Crippen molar-refractivity contribution in [2.45, 2.75) is 19.1 Å². The lowest BCUT2D eigenvalue weighted by Gasteiger charge is -2.36. The Kier molecular flexibility index (Phi) is 6.50. The van der Waals surface area contributed by atoms with Gasteiger partial charge in [-0.3, -0.25) is 9.88 Å². The quantitative estimate of drug-likeness (QED) is 0.625.